The number of amides is 1. The zero-order chi connectivity index (χ0) is 25.1. The number of carbonyl (C=O) groups is 1. The SMILES string of the molecule is Cc1cccc(C)c1OCc1ccc(C(=O)Nc2cnn(Cc3c(F)cc(F)c(F)c3F)c2)cc1. The summed E-state index contributed by atoms with van der Waals surface area (Å²) in [4.78, 5) is 12.6. The Morgan fingerprint density at radius 3 is 2.34 bits per heavy atom. The second kappa shape index (κ2) is 10.0. The maximum Gasteiger partial charge on any atom is 0.255 e. The molecule has 1 amide bonds. The number of carbonyl (C=O) groups excluding carboxylic acids is 1. The Hall–Kier alpha value is -4.14. The van der Waals surface area contributed by atoms with Crippen LogP contribution < -0.4 is 10.1 Å². The van der Waals surface area contributed by atoms with E-state index >= 15 is 0 Å². The van der Waals surface area contributed by atoms with E-state index in [4.69, 9.17) is 4.74 Å². The third-order valence-corrected chi connectivity index (χ3v) is 5.43. The zero-order valence-corrected chi connectivity index (χ0v) is 18.9. The first-order chi connectivity index (χ1) is 16.7. The van der Waals surface area contributed by atoms with Gasteiger partial charge in [0, 0.05) is 23.4 Å². The molecule has 0 atom stereocenters. The Bertz CT molecular complexity index is 1360. The maximum absolute atomic E-state index is 13.9. The molecule has 1 heterocycles. The summed E-state index contributed by atoms with van der Waals surface area (Å²) in [6.07, 6.45) is 2.60. The molecule has 0 saturated carbocycles. The van der Waals surface area contributed by atoms with E-state index in [2.05, 4.69) is 10.4 Å². The van der Waals surface area contributed by atoms with Gasteiger partial charge in [-0.1, -0.05) is 30.3 Å². The van der Waals surface area contributed by atoms with Crippen LogP contribution in [0.4, 0.5) is 23.2 Å². The van der Waals surface area contributed by atoms with Crippen molar-refractivity contribution in [2.75, 3.05) is 5.32 Å². The van der Waals surface area contributed by atoms with E-state index in [0.717, 1.165) is 27.1 Å². The largest absolute Gasteiger partial charge is 0.488 e. The fourth-order valence-corrected chi connectivity index (χ4v) is 3.56. The van der Waals surface area contributed by atoms with Crippen molar-refractivity contribution in [1.82, 2.24) is 9.78 Å². The van der Waals surface area contributed by atoms with Gasteiger partial charge in [-0.05, 0) is 42.7 Å². The first-order valence-corrected chi connectivity index (χ1v) is 10.7. The van der Waals surface area contributed by atoms with Crippen molar-refractivity contribution in [3.8, 4) is 5.75 Å². The number of nitrogens with one attached hydrogen (secondary N) is 1. The van der Waals surface area contributed by atoms with Crippen LogP contribution in [0.5, 0.6) is 5.75 Å². The van der Waals surface area contributed by atoms with Gasteiger partial charge in [-0.3, -0.25) is 9.48 Å². The Balaban J connectivity index is 1.38. The van der Waals surface area contributed by atoms with Crippen molar-refractivity contribution >= 4 is 11.6 Å². The van der Waals surface area contributed by atoms with Gasteiger partial charge in [0.1, 0.15) is 18.2 Å². The van der Waals surface area contributed by atoms with E-state index in [9.17, 15) is 22.4 Å². The van der Waals surface area contributed by atoms with E-state index in [0.29, 0.717) is 12.2 Å². The molecule has 0 unspecified atom stereocenters. The van der Waals surface area contributed by atoms with Crippen molar-refractivity contribution in [1.29, 1.82) is 0 Å². The lowest BCUT2D eigenvalue weighted by Gasteiger charge is -2.12. The molecule has 3 aromatic carbocycles. The lowest BCUT2D eigenvalue weighted by molar-refractivity contribution is 0.102. The Morgan fingerprint density at radius 2 is 1.66 bits per heavy atom. The summed E-state index contributed by atoms with van der Waals surface area (Å²) in [5.74, 6) is -5.81. The van der Waals surface area contributed by atoms with E-state index < -0.39 is 41.3 Å². The normalized spacial score (nSPS) is 10.9. The van der Waals surface area contributed by atoms with Crippen LogP contribution >= 0.6 is 0 Å². The molecule has 0 spiro atoms. The van der Waals surface area contributed by atoms with Crippen LogP contribution in [0.1, 0.15) is 32.6 Å². The Kier molecular flexibility index (Phi) is 6.86. The maximum atomic E-state index is 13.9. The number of anilines is 1. The minimum absolute atomic E-state index is 0.265. The quantitative estimate of drug-likeness (QED) is 0.201. The van der Waals surface area contributed by atoms with Gasteiger partial charge in [0.05, 0.1) is 18.4 Å². The highest BCUT2D eigenvalue weighted by Crippen LogP contribution is 2.24. The van der Waals surface area contributed by atoms with Crippen LogP contribution in [0.25, 0.3) is 0 Å². The number of ether oxygens (including phenoxy) is 1. The fraction of sp³-hybridized carbons (Fsp3) is 0.154. The molecule has 1 N–H and O–H groups in total. The van der Waals surface area contributed by atoms with Gasteiger partial charge in [-0.15, -0.1) is 0 Å². The van der Waals surface area contributed by atoms with Gasteiger partial charge < -0.3 is 10.1 Å². The molecule has 9 heteroatoms. The van der Waals surface area contributed by atoms with Crippen molar-refractivity contribution in [3.63, 3.8) is 0 Å². The molecular weight excluding hydrogens is 462 g/mol. The number of aromatic nitrogens is 2. The summed E-state index contributed by atoms with van der Waals surface area (Å²) < 4.78 is 61.3. The smallest absolute Gasteiger partial charge is 0.255 e. The number of rotatable bonds is 7. The average molecular weight is 483 g/mol. The number of benzene rings is 3. The molecular formula is C26H21F4N3O2. The molecule has 0 aliphatic heterocycles. The lowest BCUT2D eigenvalue weighted by atomic mass is 10.1. The Morgan fingerprint density at radius 1 is 0.971 bits per heavy atom. The number of nitrogens with zero attached hydrogens (tertiary/aromatic N) is 2. The fourth-order valence-electron chi connectivity index (χ4n) is 3.56. The van der Waals surface area contributed by atoms with E-state index in [1.165, 1.54) is 12.4 Å². The second-order valence-electron chi connectivity index (χ2n) is 8.03. The van der Waals surface area contributed by atoms with Gasteiger partial charge in [0.2, 0.25) is 0 Å². The number of halogens is 4. The zero-order valence-electron chi connectivity index (χ0n) is 18.9. The van der Waals surface area contributed by atoms with Gasteiger partial charge in [0.25, 0.3) is 5.91 Å². The van der Waals surface area contributed by atoms with Crippen LogP contribution in [0, 0.1) is 37.1 Å². The van der Waals surface area contributed by atoms with Gasteiger partial charge in [-0.2, -0.15) is 5.10 Å². The topological polar surface area (TPSA) is 56.1 Å². The van der Waals surface area contributed by atoms with Gasteiger partial charge in [-0.25, -0.2) is 17.6 Å². The molecule has 0 radical (unpaired) electrons. The van der Waals surface area contributed by atoms with Crippen LogP contribution in [-0.2, 0) is 13.2 Å². The van der Waals surface area contributed by atoms with E-state index in [1.54, 1.807) is 24.3 Å². The number of hydrogen-bond acceptors (Lipinski definition) is 3. The van der Waals surface area contributed by atoms with Crippen molar-refractivity contribution in [3.05, 3.63) is 112 Å². The summed E-state index contributed by atoms with van der Waals surface area (Å²) in [5, 5.41) is 6.54. The summed E-state index contributed by atoms with van der Waals surface area (Å²) in [5.41, 5.74) is 2.93. The highest BCUT2D eigenvalue weighted by molar-refractivity contribution is 6.04. The molecule has 4 aromatic rings. The van der Waals surface area contributed by atoms with Crippen molar-refractivity contribution in [2.45, 2.75) is 27.0 Å². The first-order valence-electron chi connectivity index (χ1n) is 10.7. The molecule has 4 rings (SSSR count). The van der Waals surface area contributed by atoms with Gasteiger partial charge in [0.15, 0.2) is 17.5 Å². The van der Waals surface area contributed by atoms with Crippen molar-refractivity contribution in [2.24, 2.45) is 0 Å². The minimum atomic E-state index is -1.76. The Labute approximate surface area is 199 Å². The van der Waals surface area contributed by atoms with E-state index in [-0.39, 0.29) is 11.8 Å². The molecule has 1 aromatic heterocycles. The van der Waals surface area contributed by atoms with Gasteiger partial charge >= 0.3 is 0 Å². The molecule has 0 aliphatic carbocycles. The molecule has 0 saturated heterocycles. The summed E-state index contributed by atoms with van der Waals surface area (Å²) in [6.45, 7) is 3.81. The highest BCUT2D eigenvalue weighted by atomic mass is 19.2. The highest BCUT2D eigenvalue weighted by Gasteiger charge is 2.19. The van der Waals surface area contributed by atoms with Crippen LogP contribution in [0.15, 0.2) is 60.9 Å². The molecule has 35 heavy (non-hydrogen) atoms. The number of para-hydroxylation sites is 1. The molecule has 0 aliphatic rings. The summed E-state index contributed by atoms with van der Waals surface area (Å²) in [6, 6.07) is 13.0. The number of aryl methyl sites for hydroxylation is 2. The molecule has 0 bridgehead atoms. The van der Waals surface area contributed by atoms with Crippen molar-refractivity contribution < 1.29 is 27.1 Å². The summed E-state index contributed by atoms with van der Waals surface area (Å²) in [7, 11) is 0. The molecule has 5 nitrogen and oxygen atoms in total. The number of hydrogen-bond donors (Lipinski definition) is 1. The molecule has 0 fully saturated rings. The average Bonchev–Trinajstić information content (AvgIpc) is 3.27. The second-order valence-corrected chi connectivity index (χ2v) is 8.03. The third kappa shape index (κ3) is 5.34. The first kappa shape index (κ1) is 24.0. The lowest BCUT2D eigenvalue weighted by Crippen LogP contribution is -2.12. The predicted octanol–water partition coefficient (Wildman–Crippen LogP) is 5.94. The standard InChI is InChI=1S/C26H21F4N3O2/c1-15-4-3-5-16(2)25(15)35-14-17-6-8-18(9-7-17)26(34)32-19-11-31-33(12-19)13-20-21(27)10-22(28)24(30)23(20)29/h3-12H,13-14H2,1-2H3,(H,32,34). The van der Waals surface area contributed by atoms with Crippen LogP contribution in [-0.4, -0.2) is 15.7 Å². The molecule has 180 valence electrons. The third-order valence-electron chi connectivity index (χ3n) is 5.43. The van der Waals surface area contributed by atoms with Crippen LogP contribution in [0.2, 0.25) is 0 Å². The minimum Gasteiger partial charge on any atom is -0.488 e. The monoisotopic (exact) mass is 483 g/mol. The predicted molar refractivity (Wildman–Crippen MR) is 122 cm³/mol. The van der Waals surface area contributed by atoms with E-state index in [1.807, 2.05) is 32.0 Å². The van der Waals surface area contributed by atoms with Crippen LogP contribution in [0.3, 0.4) is 0 Å². The summed E-state index contributed by atoms with van der Waals surface area (Å²) >= 11 is 0.